The van der Waals surface area contributed by atoms with Gasteiger partial charge in [-0.25, -0.2) is 16.8 Å². The number of hydrogen-bond acceptors (Lipinski definition) is 6. The van der Waals surface area contributed by atoms with E-state index in [1.165, 1.54) is 36.4 Å². The Morgan fingerprint density at radius 2 is 1.45 bits per heavy atom. The van der Waals surface area contributed by atoms with Crippen molar-refractivity contribution >= 4 is 31.2 Å². The molecule has 0 spiro atoms. The highest BCUT2D eigenvalue weighted by Gasteiger charge is 2.39. The zero-order valence-electron chi connectivity index (χ0n) is 15.2. The van der Waals surface area contributed by atoms with Gasteiger partial charge in [-0.05, 0) is 47.9 Å². The van der Waals surface area contributed by atoms with E-state index in [4.69, 9.17) is 0 Å². The van der Waals surface area contributed by atoms with Crippen LogP contribution in [0, 0.1) is 0 Å². The number of carbonyl (C=O) groups excluding carboxylic acids is 1. The number of allylic oxidation sites excluding steroid dienone is 4. The minimum atomic E-state index is -4.00. The number of Topliss-reactive ketones (excluding diaryl/α,β-unsaturated/α-hetero) is 1. The number of ketones is 1. The molecule has 0 unspecified atom stereocenters. The number of benzene rings is 2. The van der Waals surface area contributed by atoms with Crippen LogP contribution in [0.4, 0.5) is 0 Å². The van der Waals surface area contributed by atoms with E-state index in [9.17, 15) is 26.7 Å². The second kappa shape index (κ2) is 6.53. The van der Waals surface area contributed by atoms with Crippen molar-refractivity contribution in [2.75, 3.05) is 0 Å². The summed E-state index contributed by atoms with van der Waals surface area (Å²) in [4.78, 5) is 11.6. The van der Waals surface area contributed by atoms with Crippen LogP contribution in [0.25, 0.3) is 5.76 Å². The maximum Gasteiger partial charge on any atom is 0.211 e. The monoisotopic (exact) mass is 427 g/mol. The maximum atomic E-state index is 12.7. The molecule has 0 radical (unpaired) electrons. The van der Waals surface area contributed by atoms with Gasteiger partial charge in [-0.15, -0.1) is 0 Å². The van der Waals surface area contributed by atoms with E-state index in [0.29, 0.717) is 0 Å². The van der Waals surface area contributed by atoms with Gasteiger partial charge in [0.2, 0.25) is 25.5 Å². The third kappa shape index (κ3) is 2.79. The number of hydrogen-bond donors (Lipinski definition) is 0. The van der Waals surface area contributed by atoms with Gasteiger partial charge >= 0.3 is 0 Å². The molecule has 2 aliphatic rings. The lowest BCUT2D eigenvalue weighted by Crippen LogP contribution is -2.05. The highest BCUT2D eigenvalue weighted by Crippen LogP contribution is 2.39. The summed E-state index contributed by atoms with van der Waals surface area (Å²) in [6, 6.07) is 11.8. The number of rotatable bonds is 3. The summed E-state index contributed by atoms with van der Waals surface area (Å²) in [5.74, 6) is -1.29. The summed E-state index contributed by atoms with van der Waals surface area (Å²) >= 11 is 0. The lowest BCUT2D eigenvalue weighted by atomic mass is 10.1. The predicted octanol–water partition coefficient (Wildman–Crippen LogP) is 2.39. The normalized spacial score (nSPS) is 20.8. The van der Waals surface area contributed by atoms with Gasteiger partial charge in [0.05, 0.1) is 14.7 Å². The first-order chi connectivity index (χ1) is 13.7. The Kier molecular flexibility index (Phi) is 4.36. The van der Waals surface area contributed by atoms with E-state index >= 15 is 0 Å². The average Bonchev–Trinajstić information content (AvgIpc) is 3.02. The minimum Gasteiger partial charge on any atom is -0.871 e. The Morgan fingerprint density at radius 1 is 0.897 bits per heavy atom. The summed E-state index contributed by atoms with van der Waals surface area (Å²) < 4.78 is 51.0. The standard InChI is InChI=1S/C21H16O6S2/c1-2-13(11-18-20(22)14-7-3-5-9-16(14)28(18,24)25)12-19-21(23)15-8-4-6-10-17(15)29(19,26)27/h3-12,22H,2H2,1H3/p-1. The quantitative estimate of drug-likeness (QED) is 0.696. The fraction of sp³-hybridized carbons (Fsp3) is 0.0952. The first kappa shape index (κ1) is 19.4. The van der Waals surface area contributed by atoms with Crippen LogP contribution in [-0.4, -0.2) is 22.6 Å². The van der Waals surface area contributed by atoms with Gasteiger partial charge in [-0.1, -0.05) is 43.0 Å². The molecule has 2 heterocycles. The largest absolute Gasteiger partial charge is 0.871 e. The Bertz CT molecular complexity index is 1370. The Balaban J connectivity index is 1.86. The molecule has 0 atom stereocenters. The fourth-order valence-corrected chi connectivity index (χ4v) is 6.60. The average molecular weight is 427 g/mol. The third-order valence-corrected chi connectivity index (χ3v) is 8.54. The molecule has 4 rings (SSSR count). The molecule has 0 amide bonds. The van der Waals surface area contributed by atoms with Crippen LogP contribution in [0.1, 0.15) is 29.3 Å². The maximum absolute atomic E-state index is 12.7. The Morgan fingerprint density at radius 3 is 2.00 bits per heavy atom. The molecule has 0 aromatic heterocycles. The second-order valence-corrected chi connectivity index (χ2v) is 10.4. The van der Waals surface area contributed by atoms with Crippen molar-refractivity contribution in [1.82, 2.24) is 0 Å². The van der Waals surface area contributed by atoms with Crippen LogP contribution in [0.2, 0.25) is 0 Å². The van der Waals surface area contributed by atoms with E-state index < -0.39 is 41.0 Å². The first-order valence-electron chi connectivity index (χ1n) is 8.76. The molecule has 6 nitrogen and oxygen atoms in total. The van der Waals surface area contributed by atoms with Crippen LogP contribution in [0.5, 0.6) is 0 Å². The van der Waals surface area contributed by atoms with E-state index in [1.807, 2.05) is 0 Å². The molecule has 0 bridgehead atoms. The van der Waals surface area contributed by atoms with Crippen molar-refractivity contribution in [3.8, 4) is 0 Å². The predicted molar refractivity (Wildman–Crippen MR) is 105 cm³/mol. The van der Waals surface area contributed by atoms with Gasteiger partial charge in [0.15, 0.2) is 0 Å². The zero-order chi connectivity index (χ0) is 21.0. The Hall–Kier alpha value is -2.97. The van der Waals surface area contributed by atoms with E-state index in [1.54, 1.807) is 19.1 Å². The molecule has 148 valence electrons. The summed E-state index contributed by atoms with van der Waals surface area (Å²) in [7, 11) is -8.01. The molecule has 0 saturated carbocycles. The van der Waals surface area contributed by atoms with Crippen molar-refractivity contribution in [3.05, 3.63) is 87.2 Å². The number of fused-ring (bicyclic) bond motifs is 2. The molecule has 0 saturated heterocycles. The van der Waals surface area contributed by atoms with E-state index in [0.717, 1.165) is 12.2 Å². The first-order valence-corrected chi connectivity index (χ1v) is 11.7. The molecule has 0 aliphatic carbocycles. The van der Waals surface area contributed by atoms with Gasteiger partial charge in [-0.3, -0.25) is 4.79 Å². The molecular formula is C21H15O6S2-. The highest BCUT2D eigenvalue weighted by atomic mass is 32.2. The molecular weight excluding hydrogens is 412 g/mol. The number of sulfone groups is 2. The smallest absolute Gasteiger partial charge is 0.211 e. The van der Waals surface area contributed by atoms with E-state index in [2.05, 4.69) is 0 Å². The van der Waals surface area contributed by atoms with Crippen LogP contribution in [0.15, 0.2) is 85.9 Å². The highest BCUT2D eigenvalue weighted by molar-refractivity contribution is 7.97. The topological polar surface area (TPSA) is 108 Å². The summed E-state index contributed by atoms with van der Waals surface area (Å²) in [5.41, 5.74) is 0.419. The van der Waals surface area contributed by atoms with Crippen molar-refractivity contribution in [2.45, 2.75) is 23.1 Å². The zero-order valence-corrected chi connectivity index (χ0v) is 16.9. The molecule has 2 aromatic carbocycles. The molecule has 29 heavy (non-hydrogen) atoms. The van der Waals surface area contributed by atoms with Gasteiger partial charge in [0, 0.05) is 5.56 Å². The van der Waals surface area contributed by atoms with Crippen LogP contribution in [0.3, 0.4) is 0 Å². The third-order valence-electron chi connectivity index (χ3n) is 4.91. The Labute approximate surface area is 168 Å². The van der Waals surface area contributed by atoms with Crippen molar-refractivity contribution in [2.24, 2.45) is 0 Å². The van der Waals surface area contributed by atoms with Gasteiger partial charge in [0.1, 0.15) is 4.91 Å². The van der Waals surface area contributed by atoms with Gasteiger partial charge in [0.25, 0.3) is 0 Å². The van der Waals surface area contributed by atoms with Crippen LogP contribution < -0.4 is 5.11 Å². The number of carbonyl (C=O) groups is 1. The SMILES string of the molecule is CCC(=CC1=C([O-])c2ccccc2S1(=O)=O)C=C1C(=O)c2ccccc2S1(=O)=O. The summed E-state index contributed by atoms with van der Waals surface area (Å²) in [6.07, 6.45) is 2.55. The van der Waals surface area contributed by atoms with Crippen molar-refractivity contribution in [3.63, 3.8) is 0 Å². The van der Waals surface area contributed by atoms with Crippen LogP contribution >= 0.6 is 0 Å². The summed E-state index contributed by atoms with van der Waals surface area (Å²) in [6.45, 7) is 1.68. The van der Waals surface area contributed by atoms with Crippen LogP contribution in [-0.2, 0) is 19.7 Å². The lowest BCUT2D eigenvalue weighted by molar-refractivity contribution is -0.244. The molecule has 0 N–H and O–H groups in total. The molecule has 0 fully saturated rings. The fourth-order valence-electron chi connectivity index (χ4n) is 3.39. The molecule has 2 aromatic rings. The van der Waals surface area contributed by atoms with Gasteiger partial charge in [-0.2, -0.15) is 0 Å². The van der Waals surface area contributed by atoms with Crippen molar-refractivity contribution in [1.29, 1.82) is 0 Å². The second-order valence-electron chi connectivity index (χ2n) is 6.60. The van der Waals surface area contributed by atoms with E-state index in [-0.39, 0.29) is 32.9 Å². The lowest BCUT2D eigenvalue weighted by Gasteiger charge is -2.09. The molecule has 8 heteroatoms. The van der Waals surface area contributed by atoms with Crippen molar-refractivity contribution < 1.29 is 26.7 Å². The van der Waals surface area contributed by atoms with Gasteiger partial charge < -0.3 is 5.11 Å². The minimum absolute atomic E-state index is 0.0728. The summed E-state index contributed by atoms with van der Waals surface area (Å²) in [5, 5.41) is 12.6. The molecule has 2 aliphatic heterocycles.